The van der Waals surface area contributed by atoms with Crippen molar-refractivity contribution < 1.29 is 9.90 Å². The predicted octanol–water partition coefficient (Wildman–Crippen LogP) is 2.23. The number of rotatable bonds is 2. The number of halogens is 1. The van der Waals surface area contributed by atoms with Gasteiger partial charge in [0.2, 0.25) is 5.91 Å². The molecular weight excluding hydrogens is 340 g/mol. The fraction of sp³-hybridized carbons (Fsp3) is 0.500. The fourth-order valence-corrected chi connectivity index (χ4v) is 4.11. The highest BCUT2D eigenvalue weighted by Crippen LogP contribution is 2.47. The Balaban J connectivity index is 1.47. The molecule has 0 aromatic carbocycles. The smallest absolute Gasteiger partial charge is 0.226 e. The number of hydrogen-bond donors (Lipinski definition) is 1. The summed E-state index contributed by atoms with van der Waals surface area (Å²) in [7, 11) is 1.82. The van der Waals surface area contributed by atoms with Crippen LogP contribution in [0.25, 0.3) is 0 Å². The standard InChI is InChI=1S/C18H21ClN4O2/c1-10-14-8-23(9-15(14)21-11(2)16(10)19)17(24)12-4-18(25,5-12)13-6-20-22(3)7-13/h6-7,12,25H,4-5,8-9H2,1-3H3. The van der Waals surface area contributed by atoms with Crippen molar-refractivity contribution in [3.8, 4) is 0 Å². The van der Waals surface area contributed by atoms with E-state index >= 15 is 0 Å². The Morgan fingerprint density at radius 3 is 2.72 bits per heavy atom. The van der Waals surface area contributed by atoms with E-state index in [4.69, 9.17) is 11.6 Å². The zero-order valence-electron chi connectivity index (χ0n) is 14.6. The molecule has 2 aromatic rings. The van der Waals surface area contributed by atoms with Crippen molar-refractivity contribution in [2.75, 3.05) is 0 Å². The maximum Gasteiger partial charge on any atom is 0.226 e. The molecule has 25 heavy (non-hydrogen) atoms. The van der Waals surface area contributed by atoms with E-state index in [2.05, 4.69) is 10.1 Å². The van der Waals surface area contributed by atoms with Crippen LogP contribution in [0.15, 0.2) is 12.4 Å². The Labute approximate surface area is 151 Å². The van der Waals surface area contributed by atoms with Crippen molar-refractivity contribution in [2.24, 2.45) is 13.0 Å². The first-order chi connectivity index (χ1) is 11.8. The van der Waals surface area contributed by atoms with Gasteiger partial charge >= 0.3 is 0 Å². The number of hydrogen-bond acceptors (Lipinski definition) is 4. The van der Waals surface area contributed by atoms with Gasteiger partial charge in [-0.3, -0.25) is 14.5 Å². The van der Waals surface area contributed by atoms with Crippen LogP contribution in [0.5, 0.6) is 0 Å². The zero-order chi connectivity index (χ0) is 17.9. The second-order valence-corrected chi connectivity index (χ2v) is 7.67. The number of fused-ring (bicyclic) bond motifs is 1. The molecule has 1 N–H and O–H groups in total. The van der Waals surface area contributed by atoms with Gasteiger partial charge in [-0.25, -0.2) is 0 Å². The van der Waals surface area contributed by atoms with E-state index in [1.54, 1.807) is 10.9 Å². The summed E-state index contributed by atoms with van der Waals surface area (Å²) >= 11 is 6.29. The molecule has 1 fully saturated rings. The Hall–Kier alpha value is -1.92. The highest BCUT2D eigenvalue weighted by atomic mass is 35.5. The average Bonchev–Trinajstić information content (AvgIpc) is 3.15. The monoisotopic (exact) mass is 360 g/mol. The summed E-state index contributed by atoms with van der Waals surface area (Å²) < 4.78 is 1.67. The third kappa shape index (κ3) is 2.55. The molecule has 1 amide bonds. The number of aryl methyl sites for hydroxylation is 2. The maximum atomic E-state index is 12.8. The van der Waals surface area contributed by atoms with E-state index in [1.807, 2.05) is 32.0 Å². The van der Waals surface area contributed by atoms with Gasteiger partial charge < -0.3 is 10.0 Å². The first-order valence-electron chi connectivity index (χ1n) is 8.43. The van der Waals surface area contributed by atoms with Gasteiger partial charge in [0.05, 0.1) is 34.8 Å². The van der Waals surface area contributed by atoms with E-state index in [0.29, 0.717) is 31.0 Å². The molecule has 1 aliphatic carbocycles. The van der Waals surface area contributed by atoms with Crippen LogP contribution in [0.4, 0.5) is 0 Å². The lowest BCUT2D eigenvalue weighted by Crippen LogP contribution is -2.48. The number of pyridine rings is 1. The van der Waals surface area contributed by atoms with Gasteiger partial charge in [-0.05, 0) is 37.8 Å². The summed E-state index contributed by atoms with van der Waals surface area (Å²) in [5, 5.41) is 15.5. The first-order valence-corrected chi connectivity index (χ1v) is 8.81. The lowest BCUT2D eigenvalue weighted by molar-refractivity contribution is -0.153. The molecule has 0 atom stereocenters. The molecule has 2 aliphatic rings. The molecule has 0 saturated heterocycles. The summed E-state index contributed by atoms with van der Waals surface area (Å²) in [6, 6.07) is 0. The number of aromatic nitrogens is 3. The molecule has 4 rings (SSSR count). The van der Waals surface area contributed by atoms with Crippen LogP contribution in [0.2, 0.25) is 5.02 Å². The van der Waals surface area contributed by atoms with Crippen LogP contribution in [0.3, 0.4) is 0 Å². The molecule has 132 valence electrons. The van der Waals surface area contributed by atoms with Crippen molar-refractivity contribution in [3.05, 3.63) is 45.5 Å². The van der Waals surface area contributed by atoms with Gasteiger partial charge in [0.25, 0.3) is 0 Å². The van der Waals surface area contributed by atoms with Crippen molar-refractivity contribution in [1.29, 1.82) is 0 Å². The molecule has 0 bridgehead atoms. The Bertz CT molecular complexity index is 870. The molecule has 0 unspecified atom stereocenters. The van der Waals surface area contributed by atoms with E-state index in [0.717, 1.165) is 28.1 Å². The lowest BCUT2D eigenvalue weighted by atomic mass is 9.67. The van der Waals surface area contributed by atoms with Gasteiger partial charge in [0, 0.05) is 31.3 Å². The van der Waals surface area contributed by atoms with Crippen LogP contribution in [0, 0.1) is 19.8 Å². The fourth-order valence-electron chi connectivity index (χ4n) is 3.95. The number of aliphatic hydroxyl groups is 1. The third-order valence-corrected chi connectivity index (χ3v) is 6.07. The number of carbonyl (C=O) groups excluding carboxylic acids is 1. The SMILES string of the molecule is Cc1nc2c(c(C)c1Cl)CN(C(=O)C1CC(O)(c3cnn(C)c3)C1)C2. The van der Waals surface area contributed by atoms with E-state index in [1.165, 1.54) is 0 Å². The zero-order valence-corrected chi connectivity index (χ0v) is 15.3. The number of amides is 1. The van der Waals surface area contributed by atoms with Gasteiger partial charge in [0.1, 0.15) is 0 Å². The molecule has 6 nitrogen and oxygen atoms in total. The van der Waals surface area contributed by atoms with Gasteiger partial charge in [0.15, 0.2) is 0 Å². The van der Waals surface area contributed by atoms with Gasteiger partial charge in [-0.2, -0.15) is 5.10 Å². The van der Waals surface area contributed by atoms with Crippen molar-refractivity contribution >= 4 is 17.5 Å². The second-order valence-electron chi connectivity index (χ2n) is 7.30. The molecule has 3 heterocycles. The van der Waals surface area contributed by atoms with Crippen molar-refractivity contribution in [1.82, 2.24) is 19.7 Å². The summed E-state index contributed by atoms with van der Waals surface area (Å²) in [6.45, 7) is 4.94. The largest absolute Gasteiger partial charge is 0.385 e. The van der Waals surface area contributed by atoms with Crippen LogP contribution in [0.1, 0.15) is 40.9 Å². The van der Waals surface area contributed by atoms with Crippen LogP contribution in [-0.4, -0.2) is 30.7 Å². The topological polar surface area (TPSA) is 71.2 Å². The van der Waals surface area contributed by atoms with Gasteiger partial charge in [-0.15, -0.1) is 0 Å². The van der Waals surface area contributed by atoms with Gasteiger partial charge in [-0.1, -0.05) is 11.6 Å². The minimum Gasteiger partial charge on any atom is -0.385 e. The predicted molar refractivity (Wildman–Crippen MR) is 92.8 cm³/mol. The Morgan fingerprint density at radius 1 is 1.36 bits per heavy atom. The third-order valence-electron chi connectivity index (χ3n) is 5.51. The van der Waals surface area contributed by atoms with Crippen molar-refractivity contribution in [2.45, 2.75) is 45.4 Å². The van der Waals surface area contributed by atoms with E-state index in [-0.39, 0.29) is 11.8 Å². The second kappa shape index (κ2) is 5.54. The highest BCUT2D eigenvalue weighted by Gasteiger charge is 2.49. The minimum absolute atomic E-state index is 0.0831. The maximum absolute atomic E-state index is 12.8. The molecule has 0 spiro atoms. The number of carbonyl (C=O) groups is 1. The molecule has 1 saturated carbocycles. The van der Waals surface area contributed by atoms with Crippen LogP contribution >= 0.6 is 11.6 Å². The Kier molecular flexibility index (Phi) is 3.67. The highest BCUT2D eigenvalue weighted by molar-refractivity contribution is 6.32. The van der Waals surface area contributed by atoms with Crippen molar-refractivity contribution in [3.63, 3.8) is 0 Å². The minimum atomic E-state index is -0.935. The molecular formula is C18H21ClN4O2. The van der Waals surface area contributed by atoms with Crippen LogP contribution < -0.4 is 0 Å². The van der Waals surface area contributed by atoms with Crippen LogP contribution in [-0.2, 0) is 30.5 Å². The van der Waals surface area contributed by atoms with E-state index < -0.39 is 5.60 Å². The molecule has 7 heteroatoms. The Morgan fingerprint density at radius 2 is 2.08 bits per heavy atom. The molecule has 1 aliphatic heterocycles. The van der Waals surface area contributed by atoms with E-state index in [9.17, 15) is 9.90 Å². The number of nitrogens with zero attached hydrogens (tertiary/aromatic N) is 4. The normalized spacial score (nSPS) is 25.0. The molecule has 0 radical (unpaired) electrons. The first kappa shape index (κ1) is 16.5. The lowest BCUT2D eigenvalue weighted by Gasteiger charge is -2.43. The molecule has 2 aromatic heterocycles. The summed E-state index contributed by atoms with van der Waals surface area (Å²) in [6.07, 6.45) is 4.36. The summed E-state index contributed by atoms with van der Waals surface area (Å²) in [5.74, 6) is -0.0730. The average molecular weight is 361 g/mol. The summed E-state index contributed by atoms with van der Waals surface area (Å²) in [4.78, 5) is 19.2. The summed E-state index contributed by atoms with van der Waals surface area (Å²) in [5.41, 5.74) is 3.67. The quantitative estimate of drug-likeness (QED) is 0.891.